The number of carbonyl (C=O) groups is 2. The van der Waals surface area contributed by atoms with Crippen LogP contribution in [0.25, 0.3) is 10.9 Å². The predicted molar refractivity (Wildman–Crippen MR) is 93.3 cm³/mol. The SMILES string of the molecule is CC(C)(C)C(=O)CCCC(=O)NCCc1c[nH]c2ccccc12. The monoisotopic (exact) mass is 314 g/mol. The van der Waals surface area contributed by atoms with E-state index < -0.39 is 0 Å². The third kappa shape index (κ3) is 4.95. The lowest BCUT2D eigenvalue weighted by molar-refractivity contribution is -0.126. The maximum Gasteiger partial charge on any atom is 0.220 e. The van der Waals surface area contributed by atoms with Crippen LogP contribution >= 0.6 is 0 Å². The summed E-state index contributed by atoms with van der Waals surface area (Å²) in [5.41, 5.74) is 2.02. The van der Waals surface area contributed by atoms with E-state index in [1.54, 1.807) is 0 Å². The molecule has 2 N–H and O–H groups in total. The molecule has 4 heteroatoms. The van der Waals surface area contributed by atoms with Crippen LogP contribution in [0.3, 0.4) is 0 Å². The Kier molecular flexibility index (Phi) is 5.59. The second kappa shape index (κ2) is 7.44. The standard InChI is InChI=1S/C19H26N2O2/c1-19(2,3)17(22)9-6-10-18(23)20-12-11-14-13-21-16-8-5-4-7-15(14)16/h4-5,7-8,13,21H,6,9-12H2,1-3H3,(H,20,23). The fourth-order valence-corrected chi connectivity index (χ4v) is 2.55. The van der Waals surface area contributed by atoms with E-state index in [0.717, 1.165) is 11.9 Å². The van der Waals surface area contributed by atoms with Crippen LogP contribution in [0.2, 0.25) is 0 Å². The van der Waals surface area contributed by atoms with Gasteiger partial charge < -0.3 is 10.3 Å². The number of rotatable bonds is 7. The van der Waals surface area contributed by atoms with Crippen molar-refractivity contribution in [3.63, 3.8) is 0 Å². The number of para-hydroxylation sites is 1. The molecule has 0 aliphatic heterocycles. The largest absolute Gasteiger partial charge is 0.361 e. The lowest BCUT2D eigenvalue weighted by Gasteiger charge is -2.16. The van der Waals surface area contributed by atoms with E-state index in [-0.39, 0.29) is 17.1 Å². The number of benzene rings is 1. The first kappa shape index (κ1) is 17.3. The summed E-state index contributed by atoms with van der Waals surface area (Å²) in [5, 5.41) is 4.14. The van der Waals surface area contributed by atoms with Crippen molar-refractivity contribution in [2.45, 2.75) is 46.5 Å². The molecule has 0 saturated carbocycles. The van der Waals surface area contributed by atoms with Gasteiger partial charge in [0, 0.05) is 41.9 Å². The van der Waals surface area contributed by atoms with E-state index in [1.807, 2.05) is 45.2 Å². The minimum absolute atomic E-state index is 0.0200. The molecule has 0 fully saturated rings. The van der Waals surface area contributed by atoms with Gasteiger partial charge in [0.1, 0.15) is 5.78 Å². The van der Waals surface area contributed by atoms with Crippen LogP contribution in [0.4, 0.5) is 0 Å². The van der Waals surface area contributed by atoms with Gasteiger partial charge >= 0.3 is 0 Å². The third-order valence-corrected chi connectivity index (χ3v) is 4.04. The van der Waals surface area contributed by atoms with Crippen molar-refractivity contribution in [2.75, 3.05) is 6.54 Å². The van der Waals surface area contributed by atoms with Gasteiger partial charge in [0.25, 0.3) is 0 Å². The highest BCUT2D eigenvalue weighted by Gasteiger charge is 2.20. The van der Waals surface area contributed by atoms with E-state index in [2.05, 4.69) is 16.4 Å². The molecule has 1 aromatic carbocycles. The van der Waals surface area contributed by atoms with E-state index in [9.17, 15) is 9.59 Å². The minimum Gasteiger partial charge on any atom is -0.361 e. The first-order chi connectivity index (χ1) is 10.9. The van der Waals surface area contributed by atoms with Crippen molar-refractivity contribution < 1.29 is 9.59 Å². The number of amides is 1. The summed E-state index contributed by atoms with van der Waals surface area (Å²) in [4.78, 5) is 26.9. The van der Waals surface area contributed by atoms with Gasteiger partial charge in [0.2, 0.25) is 5.91 Å². The Bertz CT molecular complexity index is 680. The van der Waals surface area contributed by atoms with Gasteiger partial charge in [-0.15, -0.1) is 0 Å². The summed E-state index contributed by atoms with van der Waals surface area (Å²) >= 11 is 0. The Morgan fingerprint density at radius 1 is 1.13 bits per heavy atom. The van der Waals surface area contributed by atoms with Crippen molar-refractivity contribution in [3.05, 3.63) is 36.0 Å². The molecule has 0 aliphatic carbocycles. The minimum atomic E-state index is -0.314. The van der Waals surface area contributed by atoms with Crippen molar-refractivity contribution in [3.8, 4) is 0 Å². The Morgan fingerprint density at radius 2 is 1.87 bits per heavy atom. The number of aromatic amines is 1. The molecule has 0 radical (unpaired) electrons. The molecule has 1 amide bonds. The highest BCUT2D eigenvalue weighted by atomic mass is 16.1. The number of ketones is 1. The van der Waals surface area contributed by atoms with Crippen LogP contribution in [0.5, 0.6) is 0 Å². The second-order valence-electron chi connectivity index (χ2n) is 6.99. The number of H-pyrrole nitrogens is 1. The van der Waals surface area contributed by atoms with Gasteiger partial charge in [0.15, 0.2) is 0 Å². The van der Waals surface area contributed by atoms with Crippen LogP contribution in [-0.4, -0.2) is 23.2 Å². The molecule has 0 aliphatic rings. The van der Waals surface area contributed by atoms with E-state index in [4.69, 9.17) is 0 Å². The highest BCUT2D eigenvalue weighted by Crippen LogP contribution is 2.19. The van der Waals surface area contributed by atoms with Gasteiger partial charge in [-0.3, -0.25) is 9.59 Å². The summed E-state index contributed by atoms with van der Waals surface area (Å²) < 4.78 is 0. The average molecular weight is 314 g/mol. The van der Waals surface area contributed by atoms with Crippen LogP contribution in [0.15, 0.2) is 30.5 Å². The Labute approximate surface area is 137 Å². The van der Waals surface area contributed by atoms with Crippen LogP contribution in [0.1, 0.15) is 45.6 Å². The zero-order chi connectivity index (χ0) is 16.9. The topological polar surface area (TPSA) is 62.0 Å². The summed E-state index contributed by atoms with van der Waals surface area (Å²) in [7, 11) is 0. The van der Waals surface area contributed by atoms with E-state index in [0.29, 0.717) is 25.8 Å². The van der Waals surface area contributed by atoms with Gasteiger partial charge in [-0.1, -0.05) is 39.0 Å². The molecule has 1 aromatic heterocycles. The van der Waals surface area contributed by atoms with Crippen molar-refractivity contribution in [1.82, 2.24) is 10.3 Å². The molecular weight excluding hydrogens is 288 g/mol. The molecule has 1 heterocycles. The molecule has 2 aromatic rings. The van der Waals surface area contributed by atoms with Crippen LogP contribution < -0.4 is 5.32 Å². The maximum absolute atomic E-state index is 11.8. The number of carbonyl (C=O) groups excluding carboxylic acids is 2. The lowest BCUT2D eigenvalue weighted by Crippen LogP contribution is -2.26. The molecule has 124 valence electrons. The predicted octanol–water partition coefficient (Wildman–Crippen LogP) is 3.61. The van der Waals surface area contributed by atoms with Crippen molar-refractivity contribution >= 4 is 22.6 Å². The molecule has 0 bridgehead atoms. The van der Waals surface area contributed by atoms with Crippen LogP contribution in [0, 0.1) is 5.41 Å². The number of hydrogen-bond acceptors (Lipinski definition) is 2. The maximum atomic E-state index is 11.8. The smallest absolute Gasteiger partial charge is 0.220 e. The molecule has 23 heavy (non-hydrogen) atoms. The van der Waals surface area contributed by atoms with Crippen molar-refractivity contribution in [2.24, 2.45) is 5.41 Å². The molecule has 0 saturated heterocycles. The number of Topliss-reactive ketones (excluding diaryl/α,β-unsaturated/α-hetero) is 1. The lowest BCUT2D eigenvalue weighted by atomic mass is 9.88. The molecular formula is C19H26N2O2. The quantitative estimate of drug-likeness (QED) is 0.820. The molecule has 2 rings (SSSR count). The summed E-state index contributed by atoms with van der Waals surface area (Å²) in [6.07, 6.45) is 4.31. The molecule has 4 nitrogen and oxygen atoms in total. The molecule has 0 atom stereocenters. The molecule has 0 unspecified atom stereocenters. The van der Waals surface area contributed by atoms with Crippen LogP contribution in [-0.2, 0) is 16.0 Å². The first-order valence-corrected chi connectivity index (χ1v) is 8.23. The van der Waals surface area contributed by atoms with E-state index >= 15 is 0 Å². The zero-order valence-corrected chi connectivity index (χ0v) is 14.2. The van der Waals surface area contributed by atoms with Crippen molar-refractivity contribution in [1.29, 1.82) is 0 Å². The Balaban J connectivity index is 1.70. The van der Waals surface area contributed by atoms with Gasteiger partial charge in [-0.05, 0) is 24.5 Å². The molecule has 0 spiro atoms. The Hall–Kier alpha value is -2.10. The Morgan fingerprint density at radius 3 is 2.61 bits per heavy atom. The first-order valence-electron chi connectivity index (χ1n) is 8.23. The number of nitrogens with one attached hydrogen (secondary N) is 2. The normalized spacial score (nSPS) is 11.6. The van der Waals surface area contributed by atoms with Gasteiger partial charge in [-0.25, -0.2) is 0 Å². The number of hydrogen-bond donors (Lipinski definition) is 2. The summed E-state index contributed by atoms with van der Waals surface area (Å²) in [5.74, 6) is 0.232. The number of aromatic nitrogens is 1. The summed E-state index contributed by atoms with van der Waals surface area (Å²) in [6, 6.07) is 8.15. The zero-order valence-electron chi connectivity index (χ0n) is 14.2. The van der Waals surface area contributed by atoms with Gasteiger partial charge in [-0.2, -0.15) is 0 Å². The highest BCUT2D eigenvalue weighted by molar-refractivity contribution is 5.84. The van der Waals surface area contributed by atoms with E-state index in [1.165, 1.54) is 10.9 Å². The number of fused-ring (bicyclic) bond motifs is 1. The average Bonchev–Trinajstić information content (AvgIpc) is 2.90. The third-order valence-electron chi connectivity index (χ3n) is 4.04. The fraction of sp³-hybridized carbons (Fsp3) is 0.474. The van der Waals surface area contributed by atoms with Gasteiger partial charge in [0.05, 0.1) is 0 Å². The second-order valence-corrected chi connectivity index (χ2v) is 6.99. The fourth-order valence-electron chi connectivity index (χ4n) is 2.55. The summed E-state index contributed by atoms with van der Waals surface area (Å²) in [6.45, 7) is 6.36.